The molecular formula is C18H16N6O2. The number of fused-ring (bicyclic) bond motifs is 2. The number of carbonyl (C=O) groups is 2. The lowest BCUT2D eigenvalue weighted by atomic mass is 10.1. The Kier molecular flexibility index (Phi) is 3.65. The molecule has 2 amide bonds. The van der Waals surface area contributed by atoms with E-state index in [1.54, 1.807) is 11.9 Å². The van der Waals surface area contributed by atoms with Gasteiger partial charge in [0, 0.05) is 43.1 Å². The minimum atomic E-state index is -0.598. The number of rotatable bonds is 4. The fraction of sp³-hybridized carbons (Fsp3) is 0.111. The molecule has 0 bridgehead atoms. The average molecular weight is 348 g/mol. The molecule has 0 unspecified atom stereocenters. The van der Waals surface area contributed by atoms with Crippen molar-refractivity contribution in [1.82, 2.24) is 24.5 Å². The van der Waals surface area contributed by atoms with E-state index in [1.807, 2.05) is 30.5 Å². The van der Waals surface area contributed by atoms with Crippen LogP contribution in [-0.4, -0.2) is 43.3 Å². The molecule has 4 aromatic rings. The number of nitrogens with one attached hydrogen (secondary N) is 1. The summed E-state index contributed by atoms with van der Waals surface area (Å²) in [5, 5.41) is 5.19. The molecule has 26 heavy (non-hydrogen) atoms. The van der Waals surface area contributed by atoms with Crippen LogP contribution in [0.3, 0.4) is 0 Å². The standard InChI is InChI=1S/C18H16N6O2/c1-23(9-11-3-2-4-15-13(11)5-6-20-15)18(26)14-8-22-24-10-12(16(19)25)7-21-17(14)24/h2-8,10,20H,9H2,1H3,(H2,19,25). The molecule has 0 spiro atoms. The van der Waals surface area contributed by atoms with Crippen molar-refractivity contribution in [1.29, 1.82) is 0 Å². The van der Waals surface area contributed by atoms with Gasteiger partial charge in [-0.25, -0.2) is 9.50 Å². The fourth-order valence-electron chi connectivity index (χ4n) is 2.97. The summed E-state index contributed by atoms with van der Waals surface area (Å²) in [6, 6.07) is 7.93. The Labute approximate surface area is 148 Å². The number of benzene rings is 1. The largest absolute Gasteiger partial charge is 0.366 e. The maximum atomic E-state index is 12.9. The zero-order valence-electron chi connectivity index (χ0n) is 14.0. The molecule has 0 aliphatic carbocycles. The molecule has 0 saturated carbocycles. The van der Waals surface area contributed by atoms with Crippen LogP contribution >= 0.6 is 0 Å². The number of H-pyrrole nitrogens is 1. The Bertz CT molecular complexity index is 1140. The molecule has 4 rings (SSSR count). The zero-order valence-corrected chi connectivity index (χ0v) is 14.0. The van der Waals surface area contributed by atoms with Crippen molar-refractivity contribution in [3.8, 4) is 0 Å². The normalized spacial score (nSPS) is 11.1. The molecule has 8 nitrogen and oxygen atoms in total. The second-order valence-electron chi connectivity index (χ2n) is 6.05. The second kappa shape index (κ2) is 5.99. The molecule has 3 N–H and O–H groups in total. The number of amides is 2. The van der Waals surface area contributed by atoms with E-state index in [0.717, 1.165) is 16.5 Å². The van der Waals surface area contributed by atoms with Gasteiger partial charge in [0.25, 0.3) is 11.8 Å². The number of nitrogens with zero attached hydrogens (tertiary/aromatic N) is 4. The van der Waals surface area contributed by atoms with E-state index in [4.69, 9.17) is 5.73 Å². The van der Waals surface area contributed by atoms with Gasteiger partial charge in [0.15, 0.2) is 5.65 Å². The molecule has 0 aliphatic rings. The van der Waals surface area contributed by atoms with Gasteiger partial charge in [-0.3, -0.25) is 9.59 Å². The highest BCUT2D eigenvalue weighted by molar-refractivity contribution is 6.00. The van der Waals surface area contributed by atoms with Gasteiger partial charge in [0.05, 0.1) is 11.8 Å². The van der Waals surface area contributed by atoms with Crippen molar-refractivity contribution in [2.75, 3.05) is 7.05 Å². The first kappa shape index (κ1) is 15.8. The Morgan fingerprint density at radius 3 is 2.92 bits per heavy atom. The molecule has 0 fully saturated rings. The molecule has 3 heterocycles. The van der Waals surface area contributed by atoms with Gasteiger partial charge < -0.3 is 15.6 Å². The predicted molar refractivity (Wildman–Crippen MR) is 95.6 cm³/mol. The van der Waals surface area contributed by atoms with Crippen molar-refractivity contribution in [3.63, 3.8) is 0 Å². The highest BCUT2D eigenvalue weighted by Gasteiger charge is 2.19. The number of hydrogen-bond donors (Lipinski definition) is 2. The molecule has 0 saturated heterocycles. The molecule has 130 valence electrons. The van der Waals surface area contributed by atoms with Gasteiger partial charge in [-0.15, -0.1) is 0 Å². The number of aromatic nitrogens is 4. The molecule has 8 heteroatoms. The van der Waals surface area contributed by atoms with E-state index in [1.165, 1.54) is 23.1 Å². The van der Waals surface area contributed by atoms with Crippen molar-refractivity contribution in [3.05, 3.63) is 65.7 Å². The van der Waals surface area contributed by atoms with Crippen LogP contribution < -0.4 is 5.73 Å². The number of hydrogen-bond acceptors (Lipinski definition) is 4. The Balaban J connectivity index is 1.64. The smallest absolute Gasteiger partial charge is 0.259 e. The minimum absolute atomic E-state index is 0.202. The van der Waals surface area contributed by atoms with Crippen LogP contribution in [0, 0.1) is 0 Å². The quantitative estimate of drug-likeness (QED) is 0.583. The van der Waals surface area contributed by atoms with E-state index < -0.39 is 5.91 Å². The van der Waals surface area contributed by atoms with Gasteiger partial charge in [-0.2, -0.15) is 5.10 Å². The number of aromatic amines is 1. The monoisotopic (exact) mass is 348 g/mol. The molecule has 0 radical (unpaired) electrons. The van der Waals surface area contributed by atoms with Crippen LogP contribution in [0.15, 0.2) is 49.1 Å². The third-order valence-corrected chi connectivity index (χ3v) is 4.31. The summed E-state index contributed by atoms with van der Waals surface area (Å²) in [7, 11) is 1.73. The van der Waals surface area contributed by atoms with Gasteiger partial charge >= 0.3 is 0 Å². The molecule has 1 aromatic carbocycles. The van der Waals surface area contributed by atoms with Crippen molar-refractivity contribution < 1.29 is 9.59 Å². The van der Waals surface area contributed by atoms with Crippen LogP contribution in [0.5, 0.6) is 0 Å². The lowest BCUT2D eigenvalue weighted by Crippen LogP contribution is -2.26. The first-order valence-corrected chi connectivity index (χ1v) is 7.98. The SMILES string of the molecule is CN(Cc1cccc2[nH]ccc12)C(=O)c1cnn2cc(C(N)=O)cnc12. The van der Waals surface area contributed by atoms with Gasteiger partial charge in [0.1, 0.15) is 5.56 Å². The molecular weight excluding hydrogens is 332 g/mol. The summed E-state index contributed by atoms with van der Waals surface area (Å²) in [5.41, 5.74) is 8.29. The molecule has 0 atom stereocenters. The lowest BCUT2D eigenvalue weighted by molar-refractivity contribution is 0.0787. The van der Waals surface area contributed by atoms with Crippen LogP contribution in [0.4, 0.5) is 0 Å². The number of carbonyl (C=O) groups excluding carboxylic acids is 2. The Morgan fingerprint density at radius 2 is 2.12 bits per heavy atom. The van der Waals surface area contributed by atoms with Gasteiger partial charge in [-0.1, -0.05) is 12.1 Å². The van der Waals surface area contributed by atoms with E-state index in [0.29, 0.717) is 17.8 Å². The van der Waals surface area contributed by atoms with Gasteiger partial charge in [-0.05, 0) is 17.7 Å². The molecule has 3 aromatic heterocycles. The van der Waals surface area contributed by atoms with E-state index in [-0.39, 0.29) is 11.5 Å². The topological polar surface area (TPSA) is 109 Å². The van der Waals surface area contributed by atoms with E-state index in [2.05, 4.69) is 15.1 Å². The number of primary amides is 1. The van der Waals surface area contributed by atoms with Crippen molar-refractivity contribution in [2.45, 2.75) is 6.54 Å². The predicted octanol–water partition coefficient (Wildman–Crippen LogP) is 1.58. The van der Waals surface area contributed by atoms with Crippen molar-refractivity contribution in [2.24, 2.45) is 5.73 Å². The summed E-state index contributed by atoms with van der Waals surface area (Å²) >= 11 is 0. The Hall–Kier alpha value is -3.68. The minimum Gasteiger partial charge on any atom is -0.366 e. The maximum Gasteiger partial charge on any atom is 0.259 e. The fourth-order valence-corrected chi connectivity index (χ4v) is 2.97. The molecule has 0 aliphatic heterocycles. The summed E-state index contributed by atoms with van der Waals surface area (Å²) in [6.45, 7) is 0.449. The van der Waals surface area contributed by atoms with Crippen LogP contribution in [0.25, 0.3) is 16.6 Å². The van der Waals surface area contributed by atoms with Crippen molar-refractivity contribution >= 4 is 28.4 Å². The summed E-state index contributed by atoms with van der Waals surface area (Å²) < 4.78 is 1.38. The first-order chi connectivity index (χ1) is 12.5. The highest BCUT2D eigenvalue weighted by Crippen LogP contribution is 2.20. The average Bonchev–Trinajstić information content (AvgIpc) is 3.27. The Morgan fingerprint density at radius 1 is 1.27 bits per heavy atom. The van der Waals surface area contributed by atoms with E-state index >= 15 is 0 Å². The van der Waals surface area contributed by atoms with Crippen LogP contribution in [0.1, 0.15) is 26.3 Å². The first-order valence-electron chi connectivity index (χ1n) is 7.98. The summed E-state index contributed by atoms with van der Waals surface area (Å²) in [5.74, 6) is -0.800. The van der Waals surface area contributed by atoms with Crippen LogP contribution in [0.2, 0.25) is 0 Å². The lowest BCUT2D eigenvalue weighted by Gasteiger charge is -2.17. The number of nitrogens with two attached hydrogens (primary N) is 1. The summed E-state index contributed by atoms with van der Waals surface area (Å²) in [4.78, 5) is 33.0. The second-order valence-corrected chi connectivity index (χ2v) is 6.05. The highest BCUT2D eigenvalue weighted by atomic mass is 16.2. The third kappa shape index (κ3) is 2.57. The summed E-state index contributed by atoms with van der Waals surface area (Å²) in [6.07, 6.45) is 6.13. The zero-order chi connectivity index (χ0) is 18.3. The van der Waals surface area contributed by atoms with E-state index in [9.17, 15) is 9.59 Å². The van der Waals surface area contributed by atoms with Gasteiger partial charge in [0.2, 0.25) is 0 Å². The maximum absolute atomic E-state index is 12.9. The van der Waals surface area contributed by atoms with Crippen LogP contribution in [-0.2, 0) is 6.54 Å². The third-order valence-electron chi connectivity index (χ3n) is 4.31.